The molecule has 0 saturated carbocycles. The SMILES string of the molecule is O=C(CCc1c[nH]c2ccccc12)OCc1ccc(C(=O)Nc2ccccc2)cc1. The number of para-hydroxylation sites is 2. The van der Waals surface area contributed by atoms with Crippen molar-refractivity contribution in [3.8, 4) is 0 Å². The number of anilines is 1. The second kappa shape index (κ2) is 9.09. The van der Waals surface area contributed by atoms with E-state index in [1.54, 1.807) is 24.3 Å². The van der Waals surface area contributed by atoms with Crippen LogP contribution in [0.15, 0.2) is 85.1 Å². The first-order valence-electron chi connectivity index (χ1n) is 9.85. The molecule has 5 heteroatoms. The first kappa shape index (κ1) is 19.5. The smallest absolute Gasteiger partial charge is 0.306 e. The van der Waals surface area contributed by atoms with Gasteiger partial charge in [-0.1, -0.05) is 48.5 Å². The molecule has 0 saturated heterocycles. The third-order valence-electron chi connectivity index (χ3n) is 4.92. The van der Waals surface area contributed by atoms with Gasteiger partial charge in [0.05, 0.1) is 0 Å². The predicted octanol–water partition coefficient (Wildman–Crippen LogP) is 5.10. The van der Waals surface area contributed by atoms with Crippen molar-refractivity contribution in [1.82, 2.24) is 4.98 Å². The van der Waals surface area contributed by atoms with E-state index in [4.69, 9.17) is 4.74 Å². The van der Waals surface area contributed by atoms with E-state index in [1.165, 1.54) is 0 Å². The van der Waals surface area contributed by atoms with Crippen LogP contribution in [0.4, 0.5) is 5.69 Å². The van der Waals surface area contributed by atoms with Crippen LogP contribution in [0.3, 0.4) is 0 Å². The van der Waals surface area contributed by atoms with Crippen LogP contribution in [0, 0.1) is 0 Å². The number of carbonyl (C=O) groups is 2. The van der Waals surface area contributed by atoms with Crippen LogP contribution in [-0.2, 0) is 22.6 Å². The minimum atomic E-state index is -0.244. The van der Waals surface area contributed by atoms with Crippen LogP contribution >= 0.6 is 0 Å². The molecule has 30 heavy (non-hydrogen) atoms. The molecule has 1 heterocycles. The molecule has 4 aromatic rings. The fraction of sp³-hybridized carbons (Fsp3) is 0.120. The summed E-state index contributed by atoms with van der Waals surface area (Å²) in [5.74, 6) is -0.422. The molecule has 4 rings (SSSR count). The third kappa shape index (κ3) is 4.75. The number of fused-ring (bicyclic) bond motifs is 1. The number of hydrogen-bond donors (Lipinski definition) is 2. The van der Waals surface area contributed by atoms with Crippen LogP contribution in [0.25, 0.3) is 10.9 Å². The highest BCUT2D eigenvalue weighted by atomic mass is 16.5. The van der Waals surface area contributed by atoms with Gasteiger partial charge in [-0.2, -0.15) is 0 Å². The number of amides is 1. The van der Waals surface area contributed by atoms with Crippen LogP contribution in [0.2, 0.25) is 0 Å². The number of aromatic nitrogens is 1. The fourth-order valence-electron chi connectivity index (χ4n) is 3.29. The number of hydrogen-bond acceptors (Lipinski definition) is 3. The highest BCUT2D eigenvalue weighted by Crippen LogP contribution is 2.19. The van der Waals surface area contributed by atoms with Crippen molar-refractivity contribution in [2.75, 3.05) is 5.32 Å². The van der Waals surface area contributed by atoms with E-state index in [9.17, 15) is 9.59 Å². The molecule has 0 bridgehead atoms. The van der Waals surface area contributed by atoms with Crippen LogP contribution in [-0.4, -0.2) is 16.9 Å². The van der Waals surface area contributed by atoms with Gasteiger partial charge in [0, 0.05) is 34.8 Å². The molecule has 0 aliphatic heterocycles. The van der Waals surface area contributed by atoms with Gasteiger partial charge in [-0.15, -0.1) is 0 Å². The largest absolute Gasteiger partial charge is 0.461 e. The number of aryl methyl sites for hydroxylation is 1. The maximum atomic E-state index is 12.3. The number of esters is 1. The number of carbonyl (C=O) groups excluding carboxylic acids is 2. The molecule has 0 unspecified atom stereocenters. The Bertz CT molecular complexity index is 1150. The number of aromatic amines is 1. The van der Waals surface area contributed by atoms with Crippen LogP contribution in [0.5, 0.6) is 0 Å². The lowest BCUT2D eigenvalue weighted by Gasteiger charge is -2.07. The van der Waals surface area contributed by atoms with E-state index in [1.807, 2.05) is 60.8 Å². The summed E-state index contributed by atoms with van der Waals surface area (Å²) in [4.78, 5) is 27.6. The van der Waals surface area contributed by atoms with Gasteiger partial charge in [0.1, 0.15) is 6.61 Å². The molecule has 0 aliphatic carbocycles. The highest BCUT2D eigenvalue weighted by Gasteiger charge is 2.09. The Labute approximate surface area is 174 Å². The Morgan fingerprint density at radius 1 is 0.867 bits per heavy atom. The minimum Gasteiger partial charge on any atom is -0.461 e. The van der Waals surface area contributed by atoms with E-state index in [0.717, 1.165) is 27.7 Å². The van der Waals surface area contributed by atoms with Gasteiger partial charge < -0.3 is 15.0 Å². The molecular weight excluding hydrogens is 376 g/mol. The Hall–Kier alpha value is -3.86. The Morgan fingerprint density at radius 2 is 1.60 bits per heavy atom. The monoisotopic (exact) mass is 398 g/mol. The van der Waals surface area contributed by atoms with Crippen molar-refractivity contribution in [2.45, 2.75) is 19.4 Å². The molecule has 0 spiro atoms. The number of rotatable bonds is 7. The molecule has 0 atom stereocenters. The highest BCUT2D eigenvalue weighted by molar-refractivity contribution is 6.04. The molecule has 5 nitrogen and oxygen atoms in total. The summed E-state index contributed by atoms with van der Waals surface area (Å²) < 4.78 is 5.38. The van der Waals surface area contributed by atoms with E-state index < -0.39 is 0 Å². The lowest BCUT2D eigenvalue weighted by atomic mass is 10.1. The molecule has 1 aromatic heterocycles. The maximum Gasteiger partial charge on any atom is 0.306 e. The molecule has 0 radical (unpaired) electrons. The zero-order chi connectivity index (χ0) is 20.8. The molecule has 2 N–H and O–H groups in total. The number of H-pyrrole nitrogens is 1. The zero-order valence-electron chi connectivity index (χ0n) is 16.4. The van der Waals surface area contributed by atoms with Crippen molar-refractivity contribution in [2.24, 2.45) is 0 Å². The standard InChI is InChI=1S/C25H22N2O3/c28-24(15-14-20-16-26-23-9-5-4-8-22(20)23)30-17-18-10-12-19(13-11-18)25(29)27-21-6-2-1-3-7-21/h1-13,16,26H,14-15,17H2,(H,27,29). The zero-order valence-corrected chi connectivity index (χ0v) is 16.4. The van der Waals surface area contributed by atoms with Crippen molar-refractivity contribution in [1.29, 1.82) is 0 Å². The van der Waals surface area contributed by atoms with Crippen molar-refractivity contribution < 1.29 is 14.3 Å². The van der Waals surface area contributed by atoms with E-state index in [0.29, 0.717) is 18.4 Å². The van der Waals surface area contributed by atoms with Gasteiger partial charge >= 0.3 is 5.97 Å². The van der Waals surface area contributed by atoms with Gasteiger partial charge in [0.15, 0.2) is 0 Å². The Morgan fingerprint density at radius 3 is 2.40 bits per heavy atom. The van der Waals surface area contributed by atoms with E-state index in [2.05, 4.69) is 10.3 Å². The van der Waals surface area contributed by atoms with Gasteiger partial charge in [-0.25, -0.2) is 0 Å². The van der Waals surface area contributed by atoms with Crippen LogP contribution in [0.1, 0.15) is 27.9 Å². The van der Waals surface area contributed by atoms with Crippen molar-refractivity contribution in [3.63, 3.8) is 0 Å². The quantitative estimate of drug-likeness (QED) is 0.426. The number of nitrogens with one attached hydrogen (secondary N) is 2. The molecule has 150 valence electrons. The van der Waals surface area contributed by atoms with Crippen molar-refractivity contribution in [3.05, 3.63) is 102 Å². The van der Waals surface area contributed by atoms with Gasteiger partial charge in [-0.3, -0.25) is 9.59 Å². The fourth-order valence-corrected chi connectivity index (χ4v) is 3.29. The average Bonchev–Trinajstić information content (AvgIpc) is 3.20. The minimum absolute atomic E-state index is 0.177. The topological polar surface area (TPSA) is 71.2 Å². The lowest BCUT2D eigenvalue weighted by molar-refractivity contribution is -0.144. The first-order valence-corrected chi connectivity index (χ1v) is 9.85. The number of benzene rings is 3. The molecule has 1 amide bonds. The molecule has 0 aliphatic rings. The third-order valence-corrected chi connectivity index (χ3v) is 4.92. The second-order valence-electron chi connectivity index (χ2n) is 7.04. The number of ether oxygens (including phenoxy) is 1. The Balaban J connectivity index is 1.26. The maximum absolute atomic E-state index is 12.3. The summed E-state index contributed by atoms with van der Waals surface area (Å²) >= 11 is 0. The normalized spacial score (nSPS) is 10.7. The van der Waals surface area contributed by atoms with Gasteiger partial charge in [0.2, 0.25) is 0 Å². The summed E-state index contributed by atoms with van der Waals surface area (Å²) in [7, 11) is 0. The van der Waals surface area contributed by atoms with E-state index >= 15 is 0 Å². The lowest BCUT2D eigenvalue weighted by Crippen LogP contribution is -2.12. The first-order chi connectivity index (χ1) is 14.7. The van der Waals surface area contributed by atoms with E-state index in [-0.39, 0.29) is 18.5 Å². The average molecular weight is 398 g/mol. The summed E-state index contributed by atoms with van der Waals surface area (Å²) in [5.41, 5.74) is 4.31. The molecule has 3 aromatic carbocycles. The second-order valence-corrected chi connectivity index (χ2v) is 7.04. The molecular formula is C25H22N2O3. The van der Waals surface area contributed by atoms with Gasteiger partial charge in [-0.05, 0) is 47.9 Å². The Kier molecular flexibility index (Phi) is 5.90. The van der Waals surface area contributed by atoms with Crippen LogP contribution < -0.4 is 5.32 Å². The van der Waals surface area contributed by atoms with Crippen molar-refractivity contribution >= 4 is 28.5 Å². The summed E-state index contributed by atoms with van der Waals surface area (Å²) in [6.45, 7) is 0.188. The summed E-state index contributed by atoms with van der Waals surface area (Å²) in [6.07, 6.45) is 2.89. The van der Waals surface area contributed by atoms with Gasteiger partial charge in [0.25, 0.3) is 5.91 Å². The summed E-state index contributed by atoms with van der Waals surface area (Å²) in [5, 5.41) is 3.98. The molecule has 0 fully saturated rings. The predicted molar refractivity (Wildman–Crippen MR) is 117 cm³/mol. The summed E-state index contributed by atoms with van der Waals surface area (Å²) in [6, 6.07) is 24.4.